The number of aromatic nitrogens is 1. The van der Waals surface area contributed by atoms with Gasteiger partial charge in [-0.25, -0.2) is 0 Å². The lowest BCUT2D eigenvalue weighted by Gasteiger charge is -2.26. The maximum Gasteiger partial charge on any atom is 0.0462 e. The van der Waals surface area contributed by atoms with Gasteiger partial charge in [-0.15, -0.1) is 0 Å². The Morgan fingerprint density at radius 2 is 0.615 bits per heavy atom. The molecule has 0 N–H and O–H groups in total. The van der Waals surface area contributed by atoms with Gasteiger partial charge in [0.05, 0.1) is 0 Å². The third kappa shape index (κ3) is 8.08. The van der Waals surface area contributed by atoms with Crippen LogP contribution >= 0.6 is 0 Å². The molecule has 1 aliphatic carbocycles. The monoisotopic (exact) mass is 833 g/mol. The first-order chi connectivity index (χ1) is 32.2. The molecule has 65 heavy (non-hydrogen) atoms. The average Bonchev–Trinajstić information content (AvgIpc) is 3.84. The SMILES string of the molecule is C1=C(c2ccc(N(c3ccccc3)c3ccc(-c4ccc(-c5ccc(N(c6ccccc6)c6ccc(-c7ccccc7)cc6)cc5)cc4)cc3)cc2)c2ccn(-c3ccccc3)c2CC1. The van der Waals surface area contributed by atoms with Crippen molar-refractivity contribution >= 4 is 39.7 Å². The summed E-state index contributed by atoms with van der Waals surface area (Å²) in [5, 5.41) is 0. The molecule has 0 radical (unpaired) electrons. The van der Waals surface area contributed by atoms with E-state index in [1.807, 2.05) is 0 Å². The van der Waals surface area contributed by atoms with Crippen LogP contribution in [-0.2, 0) is 6.42 Å². The molecule has 1 aromatic heterocycles. The fourth-order valence-corrected chi connectivity index (χ4v) is 9.27. The zero-order valence-electron chi connectivity index (χ0n) is 36.1. The zero-order valence-corrected chi connectivity index (χ0v) is 36.1. The van der Waals surface area contributed by atoms with Gasteiger partial charge in [0.1, 0.15) is 0 Å². The fraction of sp³-hybridized carbons (Fsp3) is 0.0323. The van der Waals surface area contributed by atoms with Gasteiger partial charge in [-0.1, -0.05) is 164 Å². The second kappa shape index (κ2) is 17.8. The second-order valence-electron chi connectivity index (χ2n) is 16.5. The van der Waals surface area contributed by atoms with E-state index in [1.165, 1.54) is 61.5 Å². The predicted octanol–water partition coefficient (Wildman–Crippen LogP) is 16.8. The third-order valence-corrected chi connectivity index (χ3v) is 12.5. The Hall–Kier alpha value is -8.40. The van der Waals surface area contributed by atoms with Gasteiger partial charge in [0.2, 0.25) is 0 Å². The van der Waals surface area contributed by atoms with Crippen LogP contribution in [-0.4, -0.2) is 4.57 Å². The average molecular weight is 834 g/mol. The molecule has 0 bridgehead atoms. The largest absolute Gasteiger partial charge is 0.320 e. The summed E-state index contributed by atoms with van der Waals surface area (Å²) in [6.07, 6.45) is 6.68. The molecule has 1 heterocycles. The van der Waals surface area contributed by atoms with Crippen LogP contribution in [0, 0.1) is 0 Å². The minimum atomic E-state index is 1.03. The van der Waals surface area contributed by atoms with Gasteiger partial charge in [0.25, 0.3) is 0 Å². The summed E-state index contributed by atoms with van der Waals surface area (Å²) in [5.41, 5.74) is 20.3. The lowest BCUT2D eigenvalue weighted by molar-refractivity contribution is 0.871. The van der Waals surface area contributed by atoms with Crippen molar-refractivity contribution in [2.75, 3.05) is 9.80 Å². The number of hydrogen-bond acceptors (Lipinski definition) is 2. The van der Waals surface area contributed by atoms with Crippen LogP contribution in [0.1, 0.15) is 23.2 Å². The predicted molar refractivity (Wildman–Crippen MR) is 273 cm³/mol. The zero-order chi connectivity index (χ0) is 43.4. The molecule has 10 aromatic rings. The highest BCUT2D eigenvalue weighted by atomic mass is 15.1. The highest BCUT2D eigenvalue weighted by Gasteiger charge is 2.20. The molecule has 0 atom stereocenters. The number of para-hydroxylation sites is 3. The number of rotatable bonds is 11. The summed E-state index contributed by atoms with van der Waals surface area (Å²) in [6.45, 7) is 0. The molecule has 1 aliphatic rings. The maximum atomic E-state index is 2.40. The van der Waals surface area contributed by atoms with E-state index >= 15 is 0 Å². The van der Waals surface area contributed by atoms with Gasteiger partial charge in [0.15, 0.2) is 0 Å². The van der Waals surface area contributed by atoms with Gasteiger partial charge >= 0.3 is 0 Å². The molecule has 3 heteroatoms. The molecule has 0 saturated carbocycles. The lowest BCUT2D eigenvalue weighted by Crippen LogP contribution is -2.10. The Balaban J connectivity index is 0.820. The summed E-state index contributed by atoms with van der Waals surface area (Å²) in [5.74, 6) is 0. The Bertz CT molecular complexity index is 3170. The first kappa shape index (κ1) is 39.4. The van der Waals surface area contributed by atoms with E-state index in [9.17, 15) is 0 Å². The number of benzene rings is 9. The summed E-state index contributed by atoms with van der Waals surface area (Å²) in [7, 11) is 0. The molecule has 310 valence electrons. The topological polar surface area (TPSA) is 11.4 Å². The summed E-state index contributed by atoms with van der Waals surface area (Å²) in [6, 6.07) is 89.4. The smallest absolute Gasteiger partial charge is 0.0462 e. The number of hydrogen-bond donors (Lipinski definition) is 0. The van der Waals surface area contributed by atoms with Crippen LogP contribution in [0.15, 0.2) is 261 Å². The molecule has 0 saturated heterocycles. The molecule has 9 aromatic carbocycles. The van der Waals surface area contributed by atoms with E-state index < -0.39 is 0 Å². The van der Waals surface area contributed by atoms with Gasteiger partial charge in [-0.3, -0.25) is 0 Å². The molecule has 0 spiro atoms. The Labute approximate surface area is 382 Å². The van der Waals surface area contributed by atoms with E-state index in [1.54, 1.807) is 0 Å². The minimum Gasteiger partial charge on any atom is -0.320 e. The van der Waals surface area contributed by atoms with E-state index in [0.717, 1.165) is 47.0 Å². The maximum absolute atomic E-state index is 2.40. The molecule has 3 nitrogen and oxygen atoms in total. The van der Waals surface area contributed by atoms with Crippen molar-refractivity contribution in [3.63, 3.8) is 0 Å². The quantitative estimate of drug-likeness (QED) is 0.129. The minimum absolute atomic E-state index is 1.03. The normalized spacial score (nSPS) is 12.0. The number of anilines is 6. The number of fused-ring (bicyclic) bond motifs is 1. The first-order valence-corrected chi connectivity index (χ1v) is 22.5. The molecule has 0 fully saturated rings. The number of nitrogens with zero attached hydrogens (tertiary/aromatic N) is 3. The lowest BCUT2D eigenvalue weighted by atomic mass is 9.91. The van der Waals surface area contributed by atoms with Crippen molar-refractivity contribution in [3.8, 4) is 39.1 Å². The molecule has 0 amide bonds. The summed E-state index contributed by atoms with van der Waals surface area (Å²) < 4.78 is 2.35. The van der Waals surface area contributed by atoms with Gasteiger partial charge in [-0.2, -0.15) is 0 Å². The highest BCUT2D eigenvalue weighted by Crippen LogP contribution is 2.40. The van der Waals surface area contributed by atoms with Crippen molar-refractivity contribution in [3.05, 3.63) is 278 Å². The highest BCUT2D eigenvalue weighted by molar-refractivity contribution is 5.85. The van der Waals surface area contributed by atoms with Crippen LogP contribution in [0.4, 0.5) is 34.1 Å². The van der Waals surface area contributed by atoms with Crippen molar-refractivity contribution < 1.29 is 0 Å². The van der Waals surface area contributed by atoms with Crippen LogP contribution in [0.5, 0.6) is 0 Å². The van der Waals surface area contributed by atoms with Gasteiger partial charge in [0, 0.05) is 57.3 Å². The summed E-state index contributed by atoms with van der Waals surface area (Å²) >= 11 is 0. The third-order valence-electron chi connectivity index (χ3n) is 12.5. The van der Waals surface area contributed by atoms with Gasteiger partial charge in [-0.05, 0) is 148 Å². The second-order valence-corrected chi connectivity index (χ2v) is 16.5. The Morgan fingerprint density at radius 3 is 1.03 bits per heavy atom. The molecular weight excluding hydrogens is 787 g/mol. The summed E-state index contributed by atoms with van der Waals surface area (Å²) in [4.78, 5) is 4.65. The van der Waals surface area contributed by atoms with Crippen molar-refractivity contribution in [1.82, 2.24) is 4.57 Å². The standard InChI is InChI=1S/C62H47N3/c1-5-14-46(15-6-1)49-28-36-56(37-29-49)64(54-18-9-3-10-19-54)57-38-30-50(31-39-57)47-24-26-48(27-25-47)51-32-40-58(41-33-51)65(55-20-11-4-12-21-55)59-42-34-52(35-43-59)60-22-13-23-62-61(60)44-45-63(62)53-16-7-2-8-17-53/h1-12,14-22,24-45H,13,23H2. The molecule has 0 aliphatic heterocycles. The fourth-order valence-electron chi connectivity index (χ4n) is 9.27. The molecular formula is C62H47N3. The van der Waals surface area contributed by atoms with Crippen molar-refractivity contribution in [1.29, 1.82) is 0 Å². The van der Waals surface area contributed by atoms with Gasteiger partial charge < -0.3 is 14.4 Å². The van der Waals surface area contributed by atoms with Crippen LogP contribution in [0.3, 0.4) is 0 Å². The van der Waals surface area contributed by atoms with Crippen molar-refractivity contribution in [2.24, 2.45) is 0 Å². The molecule has 0 unspecified atom stereocenters. The Kier molecular flexibility index (Phi) is 10.8. The van der Waals surface area contributed by atoms with Crippen LogP contribution in [0.25, 0.3) is 44.6 Å². The first-order valence-electron chi connectivity index (χ1n) is 22.5. The van der Waals surface area contributed by atoms with Crippen LogP contribution < -0.4 is 9.80 Å². The van der Waals surface area contributed by atoms with Crippen LogP contribution in [0.2, 0.25) is 0 Å². The van der Waals surface area contributed by atoms with E-state index in [0.29, 0.717) is 0 Å². The van der Waals surface area contributed by atoms with Crippen molar-refractivity contribution in [2.45, 2.75) is 12.8 Å². The Morgan fingerprint density at radius 1 is 0.292 bits per heavy atom. The molecule has 11 rings (SSSR count). The van der Waals surface area contributed by atoms with E-state index in [2.05, 4.69) is 275 Å². The van der Waals surface area contributed by atoms with E-state index in [-0.39, 0.29) is 0 Å². The van der Waals surface area contributed by atoms with E-state index in [4.69, 9.17) is 0 Å². The number of allylic oxidation sites excluding steroid dienone is 1.